The Balaban J connectivity index is 2.30. The number of ketones is 2. The average molecular weight is 280 g/mol. The first-order valence-electron chi connectivity index (χ1n) is 6.09. The molecular weight excluding hydrogens is 272 g/mol. The number of benzene rings is 2. The highest BCUT2D eigenvalue weighted by Gasteiger charge is 2.13. The molecule has 0 bridgehead atoms. The smallest absolute Gasteiger partial charge is 0.225 e. The van der Waals surface area contributed by atoms with Gasteiger partial charge in [0.05, 0.1) is 0 Å². The Kier molecular flexibility index (Phi) is 2.95. The van der Waals surface area contributed by atoms with E-state index in [2.05, 4.69) is 0 Å². The van der Waals surface area contributed by atoms with Gasteiger partial charge >= 0.3 is 0 Å². The topological polar surface area (TPSA) is 81.4 Å². The van der Waals surface area contributed by atoms with Crippen LogP contribution >= 0.6 is 0 Å². The van der Waals surface area contributed by atoms with E-state index in [4.69, 9.17) is 4.42 Å². The third kappa shape index (κ3) is 2.04. The summed E-state index contributed by atoms with van der Waals surface area (Å²) in [6.45, 7) is 0. The molecule has 0 radical (unpaired) electrons. The molecule has 0 fully saturated rings. The standard InChI is InChI=1S/C16H8O5/c17-7-13(19)9-1-3-15-11(5-9)12-6-10(14(20)8-18)2-4-16(12)21-15/h1-8H. The minimum atomic E-state index is -0.633. The molecule has 0 aliphatic carbocycles. The number of carbonyl (C=O) groups excluding carboxylic acids is 4. The van der Waals surface area contributed by atoms with E-state index in [0.717, 1.165) is 0 Å². The zero-order valence-corrected chi connectivity index (χ0v) is 10.7. The van der Waals surface area contributed by atoms with E-state index in [1.807, 2.05) is 0 Å². The zero-order valence-electron chi connectivity index (χ0n) is 10.7. The predicted octanol–water partition coefficient (Wildman–Crippen LogP) is 2.35. The lowest BCUT2D eigenvalue weighted by atomic mass is 10.0. The maximum absolute atomic E-state index is 11.4. The largest absolute Gasteiger partial charge is 0.456 e. The van der Waals surface area contributed by atoms with Crippen LogP contribution in [-0.4, -0.2) is 24.1 Å². The maximum atomic E-state index is 11.4. The van der Waals surface area contributed by atoms with Gasteiger partial charge in [-0.3, -0.25) is 19.2 Å². The van der Waals surface area contributed by atoms with Crippen molar-refractivity contribution in [1.29, 1.82) is 0 Å². The van der Waals surface area contributed by atoms with Crippen molar-refractivity contribution in [1.82, 2.24) is 0 Å². The molecule has 3 rings (SSSR count). The highest BCUT2D eigenvalue weighted by molar-refractivity contribution is 6.35. The fourth-order valence-corrected chi connectivity index (χ4v) is 2.22. The molecule has 0 amide bonds. The van der Waals surface area contributed by atoms with Gasteiger partial charge in [-0.05, 0) is 36.4 Å². The second-order valence-electron chi connectivity index (χ2n) is 4.49. The van der Waals surface area contributed by atoms with E-state index in [1.165, 1.54) is 24.3 Å². The van der Waals surface area contributed by atoms with Crippen molar-refractivity contribution in [2.45, 2.75) is 0 Å². The predicted molar refractivity (Wildman–Crippen MR) is 74.5 cm³/mol. The molecule has 1 heterocycles. The minimum Gasteiger partial charge on any atom is -0.456 e. The van der Waals surface area contributed by atoms with Gasteiger partial charge in [0.15, 0.2) is 12.6 Å². The van der Waals surface area contributed by atoms with Gasteiger partial charge < -0.3 is 4.42 Å². The fraction of sp³-hybridized carbons (Fsp3) is 0. The number of fused-ring (bicyclic) bond motifs is 3. The van der Waals surface area contributed by atoms with Crippen molar-refractivity contribution >= 4 is 46.1 Å². The van der Waals surface area contributed by atoms with Crippen LogP contribution in [0.2, 0.25) is 0 Å². The van der Waals surface area contributed by atoms with Gasteiger partial charge in [0, 0.05) is 21.9 Å². The SMILES string of the molecule is O=CC(=O)c1ccc2oc3ccc(C(=O)C=O)cc3c2c1. The van der Waals surface area contributed by atoms with Crippen LogP contribution in [0.15, 0.2) is 40.8 Å². The Morgan fingerprint density at radius 2 is 1.19 bits per heavy atom. The summed E-state index contributed by atoms with van der Waals surface area (Å²) in [5.41, 5.74) is 1.55. The first kappa shape index (κ1) is 12.9. The number of aldehydes is 2. The summed E-state index contributed by atoms with van der Waals surface area (Å²) in [5, 5.41) is 1.22. The molecule has 0 aliphatic rings. The third-order valence-electron chi connectivity index (χ3n) is 3.25. The van der Waals surface area contributed by atoms with Crippen molar-refractivity contribution in [3.63, 3.8) is 0 Å². The fourth-order valence-electron chi connectivity index (χ4n) is 2.22. The number of hydrogen-bond donors (Lipinski definition) is 0. The van der Waals surface area contributed by atoms with Crippen LogP contribution < -0.4 is 0 Å². The minimum absolute atomic E-state index is 0.241. The van der Waals surface area contributed by atoms with Gasteiger partial charge in [0.2, 0.25) is 11.6 Å². The molecule has 102 valence electrons. The van der Waals surface area contributed by atoms with Crippen molar-refractivity contribution < 1.29 is 23.6 Å². The number of furan rings is 1. The van der Waals surface area contributed by atoms with Crippen LogP contribution in [0.5, 0.6) is 0 Å². The zero-order chi connectivity index (χ0) is 15.0. The summed E-state index contributed by atoms with van der Waals surface area (Å²) in [5.74, 6) is -1.27. The highest BCUT2D eigenvalue weighted by Crippen LogP contribution is 2.30. The lowest BCUT2D eigenvalue weighted by molar-refractivity contribution is -0.105. The molecule has 2 aromatic carbocycles. The molecule has 0 aliphatic heterocycles. The number of carbonyl (C=O) groups is 4. The molecular formula is C16H8O5. The molecule has 3 aromatic rings. The summed E-state index contributed by atoms with van der Waals surface area (Å²) in [4.78, 5) is 44.0. The Bertz CT molecular complexity index is 843. The second-order valence-corrected chi connectivity index (χ2v) is 4.49. The number of Topliss-reactive ketones (excluding diaryl/α,β-unsaturated/α-hetero) is 2. The normalized spacial score (nSPS) is 10.7. The Hall–Kier alpha value is -3.08. The van der Waals surface area contributed by atoms with Gasteiger partial charge in [0.1, 0.15) is 11.2 Å². The van der Waals surface area contributed by atoms with E-state index in [-0.39, 0.29) is 23.7 Å². The summed E-state index contributed by atoms with van der Waals surface area (Å²) in [6, 6.07) is 9.25. The van der Waals surface area contributed by atoms with Crippen LogP contribution in [0, 0.1) is 0 Å². The Morgan fingerprint density at radius 1 is 0.762 bits per heavy atom. The summed E-state index contributed by atoms with van der Waals surface area (Å²) < 4.78 is 5.59. The lowest BCUT2D eigenvalue weighted by Crippen LogP contribution is -1.99. The van der Waals surface area contributed by atoms with Crippen LogP contribution in [0.4, 0.5) is 0 Å². The molecule has 1 aromatic heterocycles. The molecule has 0 saturated heterocycles. The number of hydrogen-bond acceptors (Lipinski definition) is 5. The van der Waals surface area contributed by atoms with Crippen LogP contribution in [0.25, 0.3) is 21.9 Å². The number of rotatable bonds is 4. The van der Waals surface area contributed by atoms with E-state index < -0.39 is 11.6 Å². The monoisotopic (exact) mass is 280 g/mol. The van der Waals surface area contributed by atoms with Gasteiger partial charge in [-0.2, -0.15) is 0 Å². The average Bonchev–Trinajstić information content (AvgIpc) is 2.90. The Morgan fingerprint density at radius 3 is 1.57 bits per heavy atom. The molecule has 0 N–H and O–H groups in total. The van der Waals surface area contributed by atoms with Crippen LogP contribution in [0.1, 0.15) is 20.7 Å². The van der Waals surface area contributed by atoms with Crippen molar-refractivity contribution in [2.75, 3.05) is 0 Å². The quantitative estimate of drug-likeness (QED) is 0.416. The molecule has 0 spiro atoms. The van der Waals surface area contributed by atoms with Gasteiger partial charge in [0.25, 0.3) is 0 Å². The van der Waals surface area contributed by atoms with E-state index >= 15 is 0 Å². The van der Waals surface area contributed by atoms with E-state index in [9.17, 15) is 19.2 Å². The van der Waals surface area contributed by atoms with Gasteiger partial charge in [-0.15, -0.1) is 0 Å². The first-order valence-corrected chi connectivity index (χ1v) is 6.09. The summed E-state index contributed by atoms with van der Waals surface area (Å²) >= 11 is 0. The van der Waals surface area contributed by atoms with Crippen molar-refractivity contribution in [3.05, 3.63) is 47.5 Å². The molecule has 0 saturated carbocycles. The lowest BCUT2D eigenvalue weighted by Gasteiger charge is -1.96. The van der Waals surface area contributed by atoms with Crippen molar-refractivity contribution in [2.24, 2.45) is 0 Å². The summed E-state index contributed by atoms with van der Waals surface area (Å²) in [7, 11) is 0. The van der Waals surface area contributed by atoms with Gasteiger partial charge in [-0.1, -0.05) is 0 Å². The molecule has 21 heavy (non-hydrogen) atoms. The maximum Gasteiger partial charge on any atom is 0.225 e. The van der Waals surface area contributed by atoms with E-state index in [0.29, 0.717) is 21.9 Å². The third-order valence-corrected chi connectivity index (χ3v) is 3.25. The van der Waals surface area contributed by atoms with Crippen molar-refractivity contribution in [3.8, 4) is 0 Å². The van der Waals surface area contributed by atoms with Gasteiger partial charge in [-0.25, -0.2) is 0 Å². The van der Waals surface area contributed by atoms with Crippen LogP contribution in [-0.2, 0) is 9.59 Å². The molecule has 0 unspecified atom stereocenters. The van der Waals surface area contributed by atoms with Crippen LogP contribution in [0.3, 0.4) is 0 Å². The Labute approximate surface area is 118 Å². The second kappa shape index (κ2) is 4.79. The molecule has 5 nitrogen and oxygen atoms in total. The molecule has 0 atom stereocenters. The molecule has 5 heteroatoms. The highest BCUT2D eigenvalue weighted by atomic mass is 16.3. The summed E-state index contributed by atoms with van der Waals surface area (Å²) in [6.07, 6.45) is 0.482. The van der Waals surface area contributed by atoms with E-state index in [1.54, 1.807) is 12.1 Å². The first-order chi connectivity index (χ1) is 10.1.